The number of piperidine rings is 1. The molecule has 2 amide bonds. The molecule has 0 bridgehead atoms. The Morgan fingerprint density at radius 1 is 1.03 bits per heavy atom. The number of hydrogen-bond acceptors (Lipinski definition) is 6. The Morgan fingerprint density at radius 2 is 1.79 bits per heavy atom. The van der Waals surface area contributed by atoms with Crippen molar-refractivity contribution in [2.45, 2.75) is 37.3 Å². The summed E-state index contributed by atoms with van der Waals surface area (Å²) in [5.74, 6) is -2.08. The summed E-state index contributed by atoms with van der Waals surface area (Å²) in [4.78, 5) is 30.2. The van der Waals surface area contributed by atoms with Gasteiger partial charge >= 0.3 is 0 Å². The van der Waals surface area contributed by atoms with Crippen LogP contribution in [0.4, 0.5) is 14.5 Å². The summed E-state index contributed by atoms with van der Waals surface area (Å²) in [7, 11) is 0. The number of nitrogens with one attached hydrogen (secondary N) is 1. The highest BCUT2D eigenvalue weighted by molar-refractivity contribution is 7.80. The van der Waals surface area contributed by atoms with Crippen LogP contribution in [0.3, 0.4) is 0 Å². The topological polar surface area (TPSA) is 55.9 Å². The zero-order valence-electron chi connectivity index (χ0n) is 18.1. The van der Waals surface area contributed by atoms with Crippen LogP contribution in [0.1, 0.15) is 34.9 Å². The van der Waals surface area contributed by atoms with Crippen LogP contribution in [0.25, 0.3) is 0 Å². The SMILES string of the molecule is O=C1CCC(N2Cc3c(CN4CCN(c5cccc(F)c5F)CC4)cccc3C2S)C(=O)N1. The second-order valence-corrected chi connectivity index (χ2v) is 9.32. The van der Waals surface area contributed by atoms with E-state index in [1.54, 1.807) is 6.07 Å². The van der Waals surface area contributed by atoms with Crippen molar-refractivity contribution in [3.8, 4) is 0 Å². The molecule has 0 aromatic heterocycles. The molecule has 3 aliphatic rings. The van der Waals surface area contributed by atoms with Gasteiger partial charge in [0, 0.05) is 45.7 Å². The van der Waals surface area contributed by atoms with Gasteiger partial charge in [0.25, 0.3) is 0 Å². The Labute approximate surface area is 196 Å². The first-order valence-electron chi connectivity index (χ1n) is 11.2. The molecule has 2 saturated heterocycles. The fourth-order valence-electron chi connectivity index (χ4n) is 5.09. The average Bonchev–Trinajstić information content (AvgIpc) is 3.14. The number of carbonyl (C=O) groups excluding carboxylic acids is 2. The molecule has 9 heteroatoms. The highest BCUT2D eigenvalue weighted by Gasteiger charge is 2.39. The Kier molecular flexibility index (Phi) is 6.11. The highest BCUT2D eigenvalue weighted by Crippen LogP contribution is 2.41. The number of hydrogen-bond donors (Lipinski definition) is 2. The van der Waals surface area contributed by atoms with Crippen LogP contribution in [0.2, 0.25) is 0 Å². The molecule has 0 aliphatic carbocycles. The third-order valence-corrected chi connectivity index (χ3v) is 7.47. The van der Waals surface area contributed by atoms with Crippen LogP contribution >= 0.6 is 12.6 Å². The third kappa shape index (κ3) is 4.25. The predicted molar refractivity (Wildman–Crippen MR) is 124 cm³/mol. The van der Waals surface area contributed by atoms with Crippen LogP contribution in [0.15, 0.2) is 36.4 Å². The minimum atomic E-state index is -0.823. The van der Waals surface area contributed by atoms with Crippen molar-refractivity contribution in [3.63, 3.8) is 0 Å². The van der Waals surface area contributed by atoms with E-state index in [0.29, 0.717) is 38.2 Å². The fourth-order valence-corrected chi connectivity index (χ4v) is 5.57. The van der Waals surface area contributed by atoms with Crippen LogP contribution in [-0.4, -0.2) is 53.8 Å². The molecule has 3 heterocycles. The Hall–Kier alpha value is -2.49. The molecule has 6 nitrogen and oxygen atoms in total. The molecule has 1 N–H and O–H groups in total. The van der Waals surface area contributed by atoms with Gasteiger partial charge in [-0.15, -0.1) is 0 Å². The number of halogens is 2. The number of thiol groups is 1. The van der Waals surface area contributed by atoms with E-state index in [1.807, 2.05) is 17.0 Å². The molecule has 174 valence electrons. The van der Waals surface area contributed by atoms with Gasteiger partial charge in [-0.1, -0.05) is 24.3 Å². The van der Waals surface area contributed by atoms with E-state index >= 15 is 0 Å². The first-order valence-corrected chi connectivity index (χ1v) is 11.7. The number of anilines is 1. The summed E-state index contributed by atoms with van der Waals surface area (Å²) in [5.41, 5.74) is 3.78. The quantitative estimate of drug-likeness (QED) is 0.530. The molecule has 2 aromatic rings. The fraction of sp³-hybridized carbons (Fsp3) is 0.417. The van der Waals surface area contributed by atoms with Gasteiger partial charge < -0.3 is 4.90 Å². The smallest absolute Gasteiger partial charge is 0.243 e. The molecule has 2 atom stereocenters. The van der Waals surface area contributed by atoms with Crippen LogP contribution in [-0.2, 0) is 22.7 Å². The van der Waals surface area contributed by atoms with Crippen molar-refractivity contribution in [3.05, 3.63) is 64.7 Å². The summed E-state index contributed by atoms with van der Waals surface area (Å²) in [6.45, 7) is 4.06. The van der Waals surface area contributed by atoms with Crippen molar-refractivity contribution in [2.75, 3.05) is 31.1 Å². The zero-order valence-corrected chi connectivity index (χ0v) is 19.0. The van der Waals surface area contributed by atoms with Crippen LogP contribution < -0.4 is 10.2 Å². The Morgan fingerprint density at radius 3 is 2.55 bits per heavy atom. The lowest BCUT2D eigenvalue weighted by Gasteiger charge is -2.36. The van der Waals surface area contributed by atoms with Crippen molar-refractivity contribution in [1.82, 2.24) is 15.1 Å². The van der Waals surface area contributed by atoms with E-state index < -0.39 is 11.6 Å². The van der Waals surface area contributed by atoms with Crippen LogP contribution in [0.5, 0.6) is 0 Å². The minimum absolute atomic E-state index is 0.197. The summed E-state index contributed by atoms with van der Waals surface area (Å²) in [6, 6.07) is 10.1. The Balaban J connectivity index is 1.26. The summed E-state index contributed by atoms with van der Waals surface area (Å²) in [5, 5.41) is 2.24. The maximum Gasteiger partial charge on any atom is 0.243 e. The second-order valence-electron chi connectivity index (χ2n) is 8.83. The highest BCUT2D eigenvalue weighted by atomic mass is 32.1. The summed E-state index contributed by atoms with van der Waals surface area (Å²) >= 11 is 4.80. The maximum absolute atomic E-state index is 14.2. The first kappa shape index (κ1) is 22.3. The molecular formula is C24H26F2N4O2S. The van der Waals surface area contributed by atoms with Gasteiger partial charge in [0.1, 0.15) is 0 Å². The summed E-state index contributed by atoms with van der Waals surface area (Å²) < 4.78 is 27.8. The zero-order chi connectivity index (χ0) is 23.1. The number of piperazine rings is 1. The Bertz CT molecular complexity index is 1090. The summed E-state index contributed by atoms with van der Waals surface area (Å²) in [6.07, 6.45) is 0.844. The van der Waals surface area contributed by atoms with E-state index in [2.05, 4.69) is 21.2 Å². The third-order valence-electron chi connectivity index (χ3n) is 6.89. The molecule has 5 rings (SSSR count). The number of fused-ring (bicyclic) bond motifs is 1. The number of carbonyl (C=O) groups is 2. The largest absolute Gasteiger partial charge is 0.367 e. The molecule has 2 fully saturated rings. The van der Waals surface area contributed by atoms with E-state index in [4.69, 9.17) is 12.6 Å². The van der Waals surface area contributed by atoms with Gasteiger partial charge in [-0.25, -0.2) is 8.78 Å². The second kappa shape index (κ2) is 9.04. The maximum atomic E-state index is 14.2. The monoisotopic (exact) mass is 472 g/mol. The number of benzene rings is 2. The number of nitrogens with zero attached hydrogens (tertiary/aromatic N) is 3. The van der Waals surface area contributed by atoms with Gasteiger partial charge in [0.2, 0.25) is 11.8 Å². The lowest BCUT2D eigenvalue weighted by Crippen LogP contribution is -2.51. The van der Waals surface area contributed by atoms with Crippen molar-refractivity contribution < 1.29 is 18.4 Å². The number of imide groups is 1. The lowest BCUT2D eigenvalue weighted by molar-refractivity contribution is -0.137. The molecule has 2 aromatic carbocycles. The van der Waals surface area contributed by atoms with E-state index in [-0.39, 0.29) is 23.2 Å². The molecular weight excluding hydrogens is 446 g/mol. The van der Waals surface area contributed by atoms with E-state index in [1.165, 1.54) is 17.2 Å². The average molecular weight is 473 g/mol. The van der Waals surface area contributed by atoms with Crippen molar-refractivity contribution in [1.29, 1.82) is 0 Å². The number of amides is 2. The van der Waals surface area contributed by atoms with Crippen molar-refractivity contribution >= 4 is 30.1 Å². The van der Waals surface area contributed by atoms with Gasteiger partial charge in [0.15, 0.2) is 11.6 Å². The van der Waals surface area contributed by atoms with Crippen LogP contribution in [0, 0.1) is 11.6 Å². The molecule has 33 heavy (non-hydrogen) atoms. The molecule has 3 aliphatic heterocycles. The van der Waals surface area contributed by atoms with Gasteiger partial charge in [-0.2, -0.15) is 12.6 Å². The van der Waals surface area contributed by atoms with Gasteiger partial charge in [-0.05, 0) is 35.2 Å². The normalized spacial score (nSPS) is 24.2. The molecule has 0 saturated carbocycles. The molecule has 0 radical (unpaired) electrons. The standard InChI is InChI=1S/C24H26F2N4O2S/c25-18-5-2-6-19(22(18)26)29-11-9-28(10-12-29)13-15-3-1-4-16-17(15)14-30(24(16)33)20-7-8-21(31)27-23(20)32/h1-6,20,24,33H,7-14H2,(H,27,31,32). The molecule has 0 spiro atoms. The van der Waals surface area contributed by atoms with Gasteiger partial charge in [0.05, 0.1) is 17.1 Å². The van der Waals surface area contributed by atoms with E-state index in [9.17, 15) is 18.4 Å². The lowest BCUT2D eigenvalue weighted by atomic mass is 10.0. The van der Waals surface area contributed by atoms with Crippen molar-refractivity contribution in [2.24, 2.45) is 0 Å². The molecule has 2 unspecified atom stereocenters. The predicted octanol–water partition coefficient (Wildman–Crippen LogP) is 2.84. The van der Waals surface area contributed by atoms with Gasteiger partial charge in [-0.3, -0.25) is 24.7 Å². The first-order chi connectivity index (χ1) is 15.9. The number of rotatable bonds is 4. The van der Waals surface area contributed by atoms with E-state index in [0.717, 1.165) is 31.3 Å². The minimum Gasteiger partial charge on any atom is -0.367 e.